The summed E-state index contributed by atoms with van der Waals surface area (Å²) >= 11 is 0. The smallest absolute Gasteiger partial charge is 0.205 e. The van der Waals surface area contributed by atoms with E-state index in [9.17, 15) is 0 Å². The van der Waals surface area contributed by atoms with E-state index in [4.69, 9.17) is 14.2 Å². The van der Waals surface area contributed by atoms with E-state index in [2.05, 4.69) is 92.1 Å². The molecule has 186 valence electrons. The van der Waals surface area contributed by atoms with Gasteiger partial charge in [-0.3, -0.25) is 0 Å². The van der Waals surface area contributed by atoms with Gasteiger partial charge in [0.1, 0.15) is 5.75 Å². The molecule has 0 atom stereocenters. The number of hydrogen-bond acceptors (Lipinski definition) is 3. The fourth-order valence-electron chi connectivity index (χ4n) is 5.12. The summed E-state index contributed by atoms with van der Waals surface area (Å²) in [6.45, 7) is 9.18. The molecule has 0 saturated heterocycles. The van der Waals surface area contributed by atoms with Crippen LogP contribution < -0.4 is 18.8 Å². The Morgan fingerprint density at radius 2 is 1.47 bits per heavy atom. The zero-order valence-electron chi connectivity index (χ0n) is 21.8. The van der Waals surface area contributed by atoms with Crippen molar-refractivity contribution in [2.24, 2.45) is 5.92 Å². The van der Waals surface area contributed by atoms with Gasteiger partial charge in [0.25, 0.3) is 0 Å². The third kappa shape index (κ3) is 5.04. The van der Waals surface area contributed by atoms with Crippen LogP contribution in [0.15, 0.2) is 42.5 Å². The van der Waals surface area contributed by atoms with Gasteiger partial charge in [0.05, 0.1) is 20.3 Å². The van der Waals surface area contributed by atoms with E-state index in [1.807, 2.05) is 0 Å². The Hall–Kier alpha value is -3.53. The number of aryl methyl sites for hydroxylation is 1. The number of methoxy groups -OCH3 is 1. The second-order valence-corrected chi connectivity index (χ2v) is 9.98. The van der Waals surface area contributed by atoms with Crippen LogP contribution in [0.1, 0.15) is 60.0 Å². The van der Waals surface area contributed by atoms with Gasteiger partial charge in [-0.15, -0.1) is 0 Å². The average molecular weight is 483 g/mol. The molecule has 2 aromatic carbocycles. The van der Waals surface area contributed by atoms with Gasteiger partial charge >= 0.3 is 0 Å². The second-order valence-electron chi connectivity index (χ2n) is 9.98. The summed E-state index contributed by atoms with van der Waals surface area (Å²) in [7, 11) is 1.70. The highest BCUT2D eigenvalue weighted by molar-refractivity contribution is 5.72. The van der Waals surface area contributed by atoms with Crippen LogP contribution in [0, 0.1) is 5.92 Å². The quantitative estimate of drug-likeness (QED) is 0.348. The Balaban J connectivity index is 1.47. The second kappa shape index (κ2) is 10.6. The Morgan fingerprint density at radius 1 is 0.861 bits per heavy atom. The number of nitrogens with zero attached hydrogens (tertiary/aromatic N) is 1. The van der Waals surface area contributed by atoms with Gasteiger partial charge in [-0.1, -0.05) is 20.8 Å². The first kappa shape index (κ1) is 24.2. The van der Waals surface area contributed by atoms with Crippen molar-refractivity contribution in [2.45, 2.75) is 46.6 Å². The van der Waals surface area contributed by atoms with E-state index in [1.54, 1.807) is 7.11 Å². The minimum atomic E-state index is 0.526. The number of hydrogen-bond donors (Lipinski definition) is 0. The number of fused-ring (bicyclic) bond motifs is 2. The minimum Gasteiger partial charge on any atom is -0.493 e. The first-order valence-electron chi connectivity index (χ1n) is 13.1. The van der Waals surface area contributed by atoms with Gasteiger partial charge in [-0.25, -0.2) is 0 Å². The molecule has 5 rings (SSSR count). The van der Waals surface area contributed by atoms with Gasteiger partial charge in [-0.2, -0.15) is 4.57 Å². The van der Waals surface area contributed by atoms with Crippen molar-refractivity contribution >= 4 is 24.3 Å². The largest absolute Gasteiger partial charge is 0.493 e. The predicted molar refractivity (Wildman–Crippen MR) is 147 cm³/mol. The molecular weight excluding hydrogens is 446 g/mol. The highest BCUT2D eigenvalue weighted by Gasteiger charge is 2.19. The molecule has 0 radical (unpaired) electrons. The maximum atomic E-state index is 5.87. The van der Waals surface area contributed by atoms with Crippen LogP contribution >= 0.6 is 0 Å². The van der Waals surface area contributed by atoms with Gasteiger partial charge in [0.2, 0.25) is 11.4 Å². The Labute approximate surface area is 214 Å². The van der Waals surface area contributed by atoms with E-state index in [0.717, 1.165) is 61.8 Å². The predicted octanol–water partition coefficient (Wildman–Crippen LogP) is 6.41. The molecule has 0 spiro atoms. The molecule has 0 amide bonds. The summed E-state index contributed by atoms with van der Waals surface area (Å²) in [6.07, 6.45) is 11.8. The van der Waals surface area contributed by atoms with Crippen LogP contribution in [0.4, 0.5) is 0 Å². The highest BCUT2D eigenvalue weighted by Crippen LogP contribution is 2.37. The summed E-state index contributed by atoms with van der Waals surface area (Å²) in [5.74, 6) is 3.33. The van der Waals surface area contributed by atoms with Crippen molar-refractivity contribution in [3.63, 3.8) is 0 Å². The number of ether oxygens (including phenoxy) is 3. The Kier molecular flexibility index (Phi) is 7.13. The summed E-state index contributed by atoms with van der Waals surface area (Å²) < 4.78 is 19.6. The number of aromatic nitrogens is 1. The third-order valence-corrected chi connectivity index (χ3v) is 6.85. The molecule has 2 aliphatic heterocycles. The summed E-state index contributed by atoms with van der Waals surface area (Å²) in [6, 6.07) is 15.3. The van der Waals surface area contributed by atoms with Crippen molar-refractivity contribution in [2.75, 3.05) is 20.3 Å². The maximum Gasteiger partial charge on any atom is 0.205 e. The molecule has 36 heavy (non-hydrogen) atoms. The lowest BCUT2D eigenvalue weighted by molar-refractivity contribution is -0.705. The lowest BCUT2D eigenvalue weighted by Gasteiger charge is -2.09. The van der Waals surface area contributed by atoms with Crippen molar-refractivity contribution in [1.82, 2.24) is 0 Å². The first-order valence-corrected chi connectivity index (χ1v) is 13.1. The Morgan fingerprint density at radius 3 is 2.08 bits per heavy atom. The van der Waals surface area contributed by atoms with E-state index in [-0.39, 0.29) is 0 Å². The van der Waals surface area contributed by atoms with Gasteiger partial charge < -0.3 is 14.2 Å². The number of pyridine rings is 1. The van der Waals surface area contributed by atoms with Crippen LogP contribution in [0.2, 0.25) is 0 Å². The van der Waals surface area contributed by atoms with Crippen molar-refractivity contribution in [3.8, 4) is 17.2 Å². The van der Waals surface area contributed by atoms with Crippen molar-refractivity contribution in [3.05, 3.63) is 81.7 Å². The Bertz CT molecular complexity index is 1230. The van der Waals surface area contributed by atoms with Crippen LogP contribution in [0.5, 0.6) is 17.2 Å². The SMILES string of the molecule is CCc1cc(/C=C/c2cccc(/C=C/c3cc4c(c(OC)c3)OCC4)[n+]2CC(C)C)cc2c1OCC2. The number of benzene rings is 2. The van der Waals surface area contributed by atoms with Crippen molar-refractivity contribution < 1.29 is 18.8 Å². The number of rotatable bonds is 8. The molecule has 0 unspecified atom stereocenters. The topological polar surface area (TPSA) is 31.6 Å². The van der Waals surface area contributed by atoms with Crippen LogP contribution in [-0.2, 0) is 25.8 Å². The summed E-state index contributed by atoms with van der Waals surface area (Å²) in [5, 5.41) is 0. The molecule has 1 aromatic heterocycles. The minimum absolute atomic E-state index is 0.526. The zero-order valence-corrected chi connectivity index (χ0v) is 21.8. The molecule has 0 fully saturated rings. The summed E-state index contributed by atoms with van der Waals surface area (Å²) in [4.78, 5) is 0. The van der Waals surface area contributed by atoms with Crippen molar-refractivity contribution in [1.29, 1.82) is 0 Å². The standard InChI is InChI=1S/C32H36NO3/c1-5-25-17-23(18-26-13-15-35-31(25)26)9-11-28-7-6-8-29(33(28)21-22(2)3)12-10-24-19-27-14-16-36-32(27)30(20-24)34-4/h6-12,17-20,22H,5,13-16,21H2,1-4H3/q+1/b11-9+,12-10+. The van der Waals surface area contributed by atoms with E-state index in [0.29, 0.717) is 5.92 Å². The monoisotopic (exact) mass is 482 g/mol. The molecule has 3 aromatic rings. The molecular formula is C32H36NO3+. The fraction of sp³-hybridized carbons (Fsp3) is 0.344. The highest BCUT2D eigenvalue weighted by atomic mass is 16.5. The van der Waals surface area contributed by atoms with E-state index < -0.39 is 0 Å². The van der Waals surface area contributed by atoms with Gasteiger partial charge in [0.15, 0.2) is 18.0 Å². The summed E-state index contributed by atoms with van der Waals surface area (Å²) in [5.41, 5.74) is 8.58. The maximum absolute atomic E-state index is 5.87. The van der Waals surface area contributed by atoms with Crippen LogP contribution in [-0.4, -0.2) is 20.3 Å². The van der Waals surface area contributed by atoms with Gasteiger partial charge in [-0.05, 0) is 71.2 Å². The lowest BCUT2D eigenvalue weighted by Crippen LogP contribution is -2.42. The molecule has 4 heteroatoms. The van der Waals surface area contributed by atoms with Gasteiger partial charge in [0, 0.05) is 48.6 Å². The molecule has 2 aliphatic rings. The molecule has 0 aliphatic carbocycles. The van der Waals surface area contributed by atoms with Crippen LogP contribution in [0.25, 0.3) is 24.3 Å². The molecule has 0 bridgehead atoms. The normalized spacial score (nSPS) is 14.4. The van der Waals surface area contributed by atoms with Crippen LogP contribution in [0.3, 0.4) is 0 Å². The average Bonchev–Trinajstić information content (AvgIpc) is 3.55. The first-order chi connectivity index (χ1) is 17.6. The molecule has 3 heterocycles. The van der Waals surface area contributed by atoms with E-state index >= 15 is 0 Å². The lowest BCUT2D eigenvalue weighted by atomic mass is 10.0. The molecule has 4 nitrogen and oxygen atoms in total. The van der Waals surface area contributed by atoms with E-state index in [1.165, 1.54) is 33.6 Å². The molecule has 0 saturated carbocycles. The fourth-order valence-corrected chi connectivity index (χ4v) is 5.12. The molecule has 0 N–H and O–H groups in total. The zero-order chi connectivity index (χ0) is 25.1. The third-order valence-electron chi connectivity index (χ3n) is 6.85.